The summed E-state index contributed by atoms with van der Waals surface area (Å²) in [5.41, 5.74) is 1.77. The van der Waals surface area contributed by atoms with Crippen LogP contribution in [0.15, 0.2) is 6.20 Å². The maximum absolute atomic E-state index is 9.59. The molecule has 1 aliphatic rings. The largest absolute Gasteiger partial charge is 0.389 e. The molecule has 3 heteroatoms. The van der Waals surface area contributed by atoms with Gasteiger partial charge in [-0.1, -0.05) is 13.3 Å². The van der Waals surface area contributed by atoms with Crippen LogP contribution in [0.2, 0.25) is 0 Å². The van der Waals surface area contributed by atoms with Crippen molar-refractivity contribution in [1.82, 2.24) is 9.97 Å². The van der Waals surface area contributed by atoms with Crippen molar-refractivity contribution in [1.29, 1.82) is 0 Å². The SMILES string of the molecule is CCC1CCC(c2ncc(C(C)O)c(C)n2)CC1. The van der Waals surface area contributed by atoms with Crippen molar-refractivity contribution < 1.29 is 5.11 Å². The average Bonchev–Trinajstić information content (AvgIpc) is 2.38. The number of aliphatic hydroxyl groups is 1. The van der Waals surface area contributed by atoms with E-state index in [2.05, 4.69) is 16.9 Å². The maximum atomic E-state index is 9.59. The summed E-state index contributed by atoms with van der Waals surface area (Å²) in [6.07, 6.45) is 7.67. The Balaban J connectivity index is 2.08. The smallest absolute Gasteiger partial charge is 0.131 e. The summed E-state index contributed by atoms with van der Waals surface area (Å²) in [5, 5.41) is 9.59. The lowest BCUT2D eigenvalue weighted by atomic mass is 9.80. The van der Waals surface area contributed by atoms with Gasteiger partial charge in [-0.25, -0.2) is 9.97 Å². The average molecular weight is 248 g/mol. The highest BCUT2D eigenvalue weighted by Crippen LogP contribution is 2.35. The van der Waals surface area contributed by atoms with Crippen LogP contribution in [0.4, 0.5) is 0 Å². The Kier molecular flexibility index (Phi) is 4.33. The number of hydrogen-bond acceptors (Lipinski definition) is 3. The predicted octanol–water partition coefficient (Wildman–Crippen LogP) is 3.52. The molecule has 2 rings (SSSR count). The fourth-order valence-electron chi connectivity index (χ4n) is 2.93. The first-order chi connectivity index (χ1) is 8.61. The van der Waals surface area contributed by atoms with Crippen LogP contribution in [-0.2, 0) is 0 Å². The van der Waals surface area contributed by atoms with Crippen LogP contribution in [0, 0.1) is 12.8 Å². The first kappa shape index (κ1) is 13.5. The van der Waals surface area contributed by atoms with Crippen molar-refractivity contribution in [3.63, 3.8) is 0 Å². The minimum atomic E-state index is -0.477. The summed E-state index contributed by atoms with van der Waals surface area (Å²) < 4.78 is 0. The van der Waals surface area contributed by atoms with Crippen LogP contribution in [0.3, 0.4) is 0 Å². The number of aromatic nitrogens is 2. The molecule has 1 N–H and O–H groups in total. The van der Waals surface area contributed by atoms with Crippen molar-refractivity contribution in [2.45, 2.75) is 64.9 Å². The lowest BCUT2D eigenvalue weighted by Crippen LogP contribution is -2.15. The van der Waals surface area contributed by atoms with E-state index in [1.54, 1.807) is 13.1 Å². The molecule has 1 fully saturated rings. The Morgan fingerprint density at radius 1 is 1.33 bits per heavy atom. The van der Waals surface area contributed by atoms with E-state index in [9.17, 15) is 5.11 Å². The van der Waals surface area contributed by atoms with E-state index in [1.807, 2.05) is 6.92 Å². The van der Waals surface area contributed by atoms with Crippen LogP contribution in [0.25, 0.3) is 0 Å². The number of aryl methyl sites for hydroxylation is 1. The van der Waals surface area contributed by atoms with Crippen LogP contribution in [0.5, 0.6) is 0 Å². The molecule has 1 aromatic rings. The minimum Gasteiger partial charge on any atom is -0.389 e. The van der Waals surface area contributed by atoms with Crippen molar-refractivity contribution >= 4 is 0 Å². The molecule has 18 heavy (non-hydrogen) atoms. The first-order valence-corrected chi connectivity index (χ1v) is 7.13. The molecule has 0 saturated heterocycles. The molecule has 0 bridgehead atoms. The van der Waals surface area contributed by atoms with E-state index in [-0.39, 0.29) is 0 Å². The molecule has 1 heterocycles. The molecule has 100 valence electrons. The second-order valence-corrected chi connectivity index (χ2v) is 5.57. The summed E-state index contributed by atoms with van der Waals surface area (Å²) in [7, 11) is 0. The van der Waals surface area contributed by atoms with Gasteiger partial charge in [-0.2, -0.15) is 0 Å². The molecule has 0 spiro atoms. The van der Waals surface area contributed by atoms with Gasteiger partial charge in [-0.3, -0.25) is 0 Å². The van der Waals surface area contributed by atoms with Gasteiger partial charge < -0.3 is 5.11 Å². The summed E-state index contributed by atoms with van der Waals surface area (Å²) in [5.74, 6) is 2.40. The Bertz CT molecular complexity index is 395. The lowest BCUT2D eigenvalue weighted by molar-refractivity contribution is 0.197. The molecular formula is C15H24N2O. The Morgan fingerprint density at radius 3 is 2.50 bits per heavy atom. The van der Waals surface area contributed by atoms with E-state index in [0.29, 0.717) is 5.92 Å². The van der Waals surface area contributed by atoms with Crippen molar-refractivity contribution in [3.8, 4) is 0 Å². The van der Waals surface area contributed by atoms with E-state index in [1.165, 1.54) is 32.1 Å². The van der Waals surface area contributed by atoms with Gasteiger partial charge in [0.05, 0.1) is 6.10 Å². The van der Waals surface area contributed by atoms with Crippen molar-refractivity contribution in [2.24, 2.45) is 5.92 Å². The molecular weight excluding hydrogens is 224 g/mol. The third-order valence-electron chi connectivity index (χ3n) is 4.28. The summed E-state index contributed by atoms with van der Waals surface area (Å²) in [4.78, 5) is 9.06. The van der Waals surface area contributed by atoms with E-state index < -0.39 is 6.10 Å². The molecule has 0 aromatic carbocycles. The molecule has 3 nitrogen and oxygen atoms in total. The van der Waals surface area contributed by atoms with E-state index >= 15 is 0 Å². The van der Waals surface area contributed by atoms with Gasteiger partial charge in [-0.15, -0.1) is 0 Å². The Hall–Kier alpha value is -0.960. The normalized spacial score (nSPS) is 26.0. The van der Waals surface area contributed by atoms with Crippen molar-refractivity contribution in [3.05, 3.63) is 23.3 Å². The number of hydrogen-bond donors (Lipinski definition) is 1. The second-order valence-electron chi connectivity index (χ2n) is 5.57. The third-order valence-corrected chi connectivity index (χ3v) is 4.28. The fraction of sp³-hybridized carbons (Fsp3) is 0.733. The van der Waals surface area contributed by atoms with Crippen LogP contribution in [0.1, 0.15) is 75.1 Å². The monoisotopic (exact) mass is 248 g/mol. The second kappa shape index (κ2) is 5.79. The molecule has 1 atom stereocenters. The fourth-order valence-corrected chi connectivity index (χ4v) is 2.93. The molecule has 0 amide bonds. The zero-order chi connectivity index (χ0) is 13.1. The molecule has 1 unspecified atom stereocenters. The zero-order valence-electron chi connectivity index (χ0n) is 11.7. The van der Waals surface area contributed by atoms with Gasteiger partial charge in [0.2, 0.25) is 0 Å². The number of aliphatic hydroxyl groups excluding tert-OH is 1. The van der Waals surface area contributed by atoms with Gasteiger partial charge in [0.25, 0.3) is 0 Å². The highest BCUT2D eigenvalue weighted by Gasteiger charge is 2.23. The van der Waals surface area contributed by atoms with Gasteiger partial charge in [0.15, 0.2) is 0 Å². The van der Waals surface area contributed by atoms with Gasteiger partial charge >= 0.3 is 0 Å². The quantitative estimate of drug-likeness (QED) is 0.890. The number of rotatable bonds is 3. The molecule has 1 aliphatic carbocycles. The molecule has 1 saturated carbocycles. The Labute approximate surface area is 110 Å². The predicted molar refractivity (Wildman–Crippen MR) is 72.4 cm³/mol. The third kappa shape index (κ3) is 2.89. The standard InChI is InChI=1S/C15H24N2O/c1-4-12-5-7-13(8-6-12)15-16-9-14(11(3)18)10(2)17-15/h9,11-13,18H,4-8H2,1-3H3. The molecule has 0 aliphatic heterocycles. The van der Waals surface area contributed by atoms with Gasteiger partial charge in [0, 0.05) is 23.4 Å². The maximum Gasteiger partial charge on any atom is 0.131 e. The van der Waals surface area contributed by atoms with Crippen LogP contribution < -0.4 is 0 Å². The highest BCUT2D eigenvalue weighted by molar-refractivity contribution is 5.19. The minimum absolute atomic E-state index is 0.477. The zero-order valence-corrected chi connectivity index (χ0v) is 11.7. The first-order valence-electron chi connectivity index (χ1n) is 7.13. The van der Waals surface area contributed by atoms with Gasteiger partial charge in [-0.05, 0) is 45.4 Å². The highest BCUT2D eigenvalue weighted by atomic mass is 16.3. The van der Waals surface area contributed by atoms with E-state index in [0.717, 1.165) is 23.0 Å². The Morgan fingerprint density at radius 2 is 2.00 bits per heavy atom. The van der Waals surface area contributed by atoms with Gasteiger partial charge in [0.1, 0.15) is 5.82 Å². The topological polar surface area (TPSA) is 46.0 Å². The summed E-state index contributed by atoms with van der Waals surface area (Å²) >= 11 is 0. The van der Waals surface area contributed by atoms with Crippen LogP contribution in [-0.4, -0.2) is 15.1 Å². The molecule has 0 radical (unpaired) electrons. The van der Waals surface area contributed by atoms with Crippen LogP contribution >= 0.6 is 0 Å². The van der Waals surface area contributed by atoms with Crippen molar-refractivity contribution in [2.75, 3.05) is 0 Å². The lowest BCUT2D eigenvalue weighted by Gasteiger charge is -2.27. The number of nitrogens with zero attached hydrogens (tertiary/aromatic N) is 2. The summed E-state index contributed by atoms with van der Waals surface area (Å²) in [6, 6.07) is 0. The summed E-state index contributed by atoms with van der Waals surface area (Å²) in [6.45, 7) is 6.01. The molecule has 1 aromatic heterocycles. The van der Waals surface area contributed by atoms with E-state index in [4.69, 9.17) is 0 Å².